The number of carbonyl (C=O) groups is 2. The first-order valence-electron chi connectivity index (χ1n) is 8.28. The Morgan fingerprint density at radius 1 is 1.38 bits per heavy atom. The maximum atomic E-state index is 12.3. The van der Waals surface area contributed by atoms with Crippen molar-refractivity contribution in [3.05, 3.63) is 29.8 Å². The number of carboxylic acids is 1. The summed E-state index contributed by atoms with van der Waals surface area (Å²) in [4.78, 5) is 22.7. The molecule has 0 aromatic heterocycles. The largest absolute Gasteiger partial charge is 0.482 e. The van der Waals surface area contributed by atoms with E-state index in [0.29, 0.717) is 11.7 Å². The number of fused-ring (bicyclic) bond motifs is 1. The van der Waals surface area contributed by atoms with Gasteiger partial charge in [-0.1, -0.05) is 19.8 Å². The molecule has 0 heterocycles. The second-order valence-electron chi connectivity index (χ2n) is 6.82. The van der Waals surface area contributed by atoms with Gasteiger partial charge in [-0.05, 0) is 54.0 Å². The molecule has 2 N–H and O–H groups in total. The minimum Gasteiger partial charge on any atom is -0.482 e. The van der Waals surface area contributed by atoms with E-state index in [9.17, 15) is 9.59 Å². The predicted octanol–water partition coefficient (Wildman–Crippen LogP) is 2.43. The van der Waals surface area contributed by atoms with Gasteiger partial charge in [0.15, 0.2) is 6.61 Å². The third kappa shape index (κ3) is 3.42. The lowest BCUT2D eigenvalue weighted by atomic mass is 9.90. The van der Waals surface area contributed by atoms with Crippen LogP contribution < -0.4 is 10.2 Å². The molecule has 2 aliphatic rings. The van der Waals surface area contributed by atoms with Crippen LogP contribution in [0.5, 0.6) is 5.75 Å². The van der Waals surface area contributed by atoms with Crippen molar-refractivity contribution in [3.63, 3.8) is 0 Å². The summed E-state index contributed by atoms with van der Waals surface area (Å²) in [5.74, 6) is 0.101. The van der Waals surface area contributed by atoms with E-state index < -0.39 is 5.97 Å². The maximum Gasteiger partial charge on any atom is 0.341 e. The van der Waals surface area contributed by atoms with Crippen LogP contribution in [0.3, 0.4) is 0 Å². The molecule has 1 amide bonds. The fourth-order valence-electron chi connectivity index (χ4n) is 3.89. The molecule has 3 atom stereocenters. The molecule has 24 heavy (non-hydrogen) atoms. The van der Waals surface area contributed by atoms with E-state index in [1.165, 1.54) is 12.8 Å². The monoisotopic (exact) mass is 330 g/mol. The van der Waals surface area contributed by atoms with Gasteiger partial charge in [0.25, 0.3) is 0 Å². The molecule has 2 aliphatic carbocycles. The van der Waals surface area contributed by atoms with Crippen LogP contribution in [0.25, 0.3) is 0 Å². The summed E-state index contributed by atoms with van der Waals surface area (Å²) in [5.41, 5.74) is 3.64. The van der Waals surface area contributed by atoms with Crippen molar-refractivity contribution in [3.8, 4) is 5.75 Å². The molecule has 0 radical (unpaired) electrons. The number of hydrazone groups is 1. The average Bonchev–Trinajstić information content (AvgIpc) is 3.19. The number of nitrogens with zero attached hydrogens (tertiary/aromatic N) is 1. The highest BCUT2D eigenvalue weighted by atomic mass is 16.5. The molecule has 0 aliphatic heterocycles. The summed E-state index contributed by atoms with van der Waals surface area (Å²) < 4.78 is 5.06. The fraction of sp³-hybridized carbons (Fsp3) is 0.500. The highest BCUT2D eigenvalue weighted by Gasteiger charge is 2.64. The molecule has 1 aromatic carbocycles. The normalized spacial score (nSPS) is 28.2. The van der Waals surface area contributed by atoms with Gasteiger partial charge in [-0.3, -0.25) is 4.79 Å². The number of hydrogen-bond donors (Lipinski definition) is 2. The molecule has 6 nitrogen and oxygen atoms in total. The van der Waals surface area contributed by atoms with Crippen LogP contribution >= 0.6 is 0 Å². The Kier molecular flexibility index (Phi) is 4.55. The van der Waals surface area contributed by atoms with Crippen molar-refractivity contribution < 1.29 is 19.4 Å². The maximum absolute atomic E-state index is 12.3. The Hall–Kier alpha value is -2.37. The average molecular weight is 330 g/mol. The minimum atomic E-state index is -1.02. The van der Waals surface area contributed by atoms with E-state index in [4.69, 9.17) is 9.84 Å². The van der Waals surface area contributed by atoms with Crippen LogP contribution in [0.2, 0.25) is 0 Å². The Labute approximate surface area is 140 Å². The van der Waals surface area contributed by atoms with Gasteiger partial charge in [0.2, 0.25) is 5.91 Å². The molecule has 0 saturated heterocycles. The van der Waals surface area contributed by atoms with Gasteiger partial charge in [0.1, 0.15) is 5.75 Å². The third-order valence-electron chi connectivity index (χ3n) is 5.24. The van der Waals surface area contributed by atoms with Gasteiger partial charge in [0, 0.05) is 5.92 Å². The second kappa shape index (κ2) is 6.63. The lowest BCUT2D eigenvalue weighted by molar-refractivity contribution is -0.139. The lowest BCUT2D eigenvalue weighted by Gasteiger charge is -2.15. The lowest BCUT2D eigenvalue weighted by Crippen LogP contribution is -2.22. The van der Waals surface area contributed by atoms with Crippen LogP contribution in [-0.2, 0) is 9.59 Å². The molecule has 0 bridgehead atoms. The van der Waals surface area contributed by atoms with Crippen molar-refractivity contribution in [2.45, 2.75) is 32.6 Å². The Morgan fingerprint density at radius 3 is 2.75 bits per heavy atom. The summed E-state index contributed by atoms with van der Waals surface area (Å²) in [6, 6.07) is 6.85. The van der Waals surface area contributed by atoms with Crippen LogP contribution in [0, 0.1) is 17.3 Å². The first kappa shape index (κ1) is 16.5. The molecule has 6 heteroatoms. The standard InChI is InChI=1S/C18H22N2O4/c1-18-9-3-2-4-14(18)16(18)17(23)20-19-10-12-5-7-13(8-6-12)24-11-15(21)22/h5-8,10,14,16H,2-4,9,11H2,1H3,(H,20,23)(H,21,22)/b19-10-/t14-,16+,18+/m1/s1. The zero-order chi connectivity index (χ0) is 17.2. The van der Waals surface area contributed by atoms with E-state index in [1.54, 1.807) is 30.5 Å². The van der Waals surface area contributed by atoms with E-state index in [-0.39, 0.29) is 23.8 Å². The van der Waals surface area contributed by atoms with Crippen molar-refractivity contribution in [1.29, 1.82) is 0 Å². The van der Waals surface area contributed by atoms with E-state index in [2.05, 4.69) is 17.5 Å². The molecule has 0 unspecified atom stereocenters. The van der Waals surface area contributed by atoms with Gasteiger partial charge in [0.05, 0.1) is 6.21 Å². The van der Waals surface area contributed by atoms with Gasteiger partial charge in [-0.15, -0.1) is 0 Å². The van der Waals surface area contributed by atoms with Crippen LogP contribution in [0.1, 0.15) is 38.2 Å². The summed E-state index contributed by atoms with van der Waals surface area (Å²) in [5, 5.41) is 12.6. The number of nitrogens with one attached hydrogen (secondary N) is 1. The number of amides is 1. The first-order valence-corrected chi connectivity index (χ1v) is 8.28. The number of carbonyl (C=O) groups excluding carboxylic acids is 1. The highest BCUT2D eigenvalue weighted by Crippen LogP contribution is 2.66. The molecule has 1 aromatic rings. The van der Waals surface area contributed by atoms with Crippen LogP contribution in [-0.4, -0.2) is 29.8 Å². The van der Waals surface area contributed by atoms with Crippen molar-refractivity contribution in [2.75, 3.05) is 6.61 Å². The molecule has 2 fully saturated rings. The number of rotatable bonds is 6. The summed E-state index contributed by atoms with van der Waals surface area (Å²) in [7, 11) is 0. The highest BCUT2D eigenvalue weighted by molar-refractivity contribution is 5.86. The van der Waals surface area contributed by atoms with E-state index >= 15 is 0 Å². The number of ether oxygens (including phenoxy) is 1. The molecule has 0 spiro atoms. The first-order chi connectivity index (χ1) is 11.5. The summed E-state index contributed by atoms with van der Waals surface area (Å²) in [6.07, 6.45) is 6.31. The van der Waals surface area contributed by atoms with Gasteiger partial charge in [-0.25, -0.2) is 10.2 Å². The molecule has 2 saturated carbocycles. The zero-order valence-corrected chi connectivity index (χ0v) is 13.7. The Morgan fingerprint density at radius 2 is 2.12 bits per heavy atom. The molecular formula is C18H22N2O4. The van der Waals surface area contributed by atoms with Gasteiger partial charge < -0.3 is 9.84 Å². The summed E-state index contributed by atoms with van der Waals surface area (Å²) in [6.45, 7) is 1.84. The number of aliphatic carboxylic acids is 1. The summed E-state index contributed by atoms with van der Waals surface area (Å²) >= 11 is 0. The number of hydrogen-bond acceptors (Lipinski definition) is 4. The van der Waals surface area contributed by atoms with E-state index in [1.807, 2.05) is 0 Å². The fourth-order valence-corrected chi connectivity index (χ4v) is 3.89. The van der Waals surface area contributed by atoms with Crippen LogP contribution in [0.15, 0.2) is 29.4 Å². The minimum absolute atomic E-state index is 0.0158. The second-order valence-corrected chi connectivity index (χ2v) is 6.82. The quantitative estimate of drug-likeness (QED) is 0.619. The topological polar surface area (TPSA) is 88.0 Å². The smallest absolute Gasteiger partial charge is 0.341 e. The Bertz CT molecular complexity index is 655. The van der Waals surface area contributed by atoms with Crippen molar-refractivity contribution >= 4 is 18.1 Å². The molecule has 3 rings (SSSR count). The van der Waals surface area contributed by atoms with Crippen molar-refractivity contribution in [2.24, 2.45) is 22.4 Å². The number of carboxylic acid groups (broad SMARTS) is 1. The van der Waals surface area contributed by atoms with Gasteiger partial charge >= 0.3 is 5.97 Å². The predicted molar refractivity (Wildman–Crippen MR) is 88.9 cm³/mol. The third-order valence-corrected chi connectivity index (χ3v) is 5.24. The molecule has 128 valence electrons. The van der Waals surface area contributed by atoms with Gasteiger partial charge in [-0.2, -0.15) is 5.10 Å². The van der Waals surface area contributed by atoms with Crippen molar-refractivity contribution in [1.82, 2.24) is 5.43 Å². The molecular weight excluding hydrogens is 308 g/mol. The van der Waals surface area contributed by atoms with E-state index in [0.717, 1.165) is 18.4 Å². The Balaban J connectivity index is 1.49. The number of benzene rings is 1. The van der Waals surface area contributed by atoms with Crippen LogP contribution in [0.4, 0.5) is 0 Å². The SMILES string of the molecule is C[C@]12CCCC[C@@H]1[C@H]2C(=O)N/N=C\c1ccc(OCC(=O)O)cc1. The zero-order valence-electron chi connectivity index (χ0n) is 13.7.